The van der Waals surface area contributed by atoms with Gasteiger partial charge in [0, 0.05) is 19.2 Å². The molecule has 1 saturated heterocycles. The van der Waals surface area contributed by atoms with E-state index in [0.717, 1.165) is 30.1 Å². The van der Waals surface area contributed by atoms with Crippen LogP contribution < -0.4 is 9.64 Å². The molecule has 1 heterocycles. The van der Waals surface area contributed by atoms with Crippen molar-refractivity contribution < 1.29 is 4.74 Å². The summed E-state index contributed by atoms with van der Waals surface area (Å²) in [6, 6.07) is 7.98. The van der Waals surface area contributed by atoms with E-state index in [1.165, 1.54) is 32.1 Å². The molecule has 0 radical (unpaired) electrons. The fourth-order valence-corrected chi connectivity index (χ4v) is 2.48. The van der Waals surface area contributed by atoms with Crippen molar-refractivity contribution in [3.63, 3.8) is 0 Å². The van der Waals surface area contributed by atoms with E-state index in [-0.39, 0.29) is 0 Å². The van der Waals surface area contributed by atoms with E-state index in [1.807, 2.05) is 18.2 Å². The van der Waals surface area contributed by atoms with Gasteiger partial charge in [0.1, 0.15) is 11.8 Å². The molecule has 1 aliphatic rings. The SMILES string of the molecule is COc1ccc(C#N)c(N2CCCCCCC2)c1. The standard InChI is InChI=1S/C15H20N2O/c1-18-14-8-7-13(12-16)15(11-14)17-9-5-3-2-4-6-10-17/h7-8,11H,2-6,9-10H2,1H3. The molecule has 0 bridgehead atoms. The van der Waals surface area contributed by atoms with Gasteiger partial charge in [-0.25, -0.2) is 0 Å². The Morgan fingerprint density at radius 1 is 1.11 bits per heavy atom. The third-order valence-corrected chi connectivity index (χ3v) is 3.52. The maximum Gasteiger partial charge on any atom is 0.121 e. The first-order valence-corrected chi connectivity index (χ1v) is 6.68. The fourth-order valence-electron chi connectivity index (χ4n) is 2.48. The lowest BCUT2D eigenvalue weighted by atomic mass is 10.1. The van der Waals surface area contributed by atoms with Gasteiger partial charge in [-0.1, -0.05) is 19.3 Å². The summed E-state index contributed by atoms with van der Waals surface area (Å²) in [5.74, 6) is 0.825. The third-order valence-electron chi connectivity index (χ3n) is 3.52. The largest absolute Gasteiger partial charge is 0.497 e. The minimum absolute atomic E-state index is 0.747. The number of ether oxygens (including phenoxy) is 1. The Hall–Kier alpha value is -1.69. The summed E-state index contributed by atoms with van der Waals surface area (Å²) < 4.78 is 5.27. The second kappa shape index (κ2) is 6.30. The van der Waals surface area contributed by atoms with Crippen LogP contribution in [0.15, 0.2) is 18.2 Å². The first-order chi connectivity index (χ1) is 8.85. The van der Waals surface area contributed by atoms with Crippen molar-refractivity contribution in [3.05, 3.63) is 23.8 Å². The summed E-state index contributed by atoms with van der Waals surface area (Å²) in [6.45, 7) is 2.09. The van der Waals surface area contributed by atoms with Gasteiger partial charge in [-0.05, 0) is 25.0 Å². The van der Waals surface area contributed by atoms with Crippen LogP contribution in [0.1, 0.15) is 37.7 Å². The molecule has 1 aromatic carbocycles. The van der Waals surface area contributed by atoms with Crippen LogP contribution in [0.25, 0.3) is 0 Å². The molecule has 96 valence electrons. The third kappa shape index (κ3) is 2.95. The lowest BCUT2D eigenvalue weighted by molar-refractivity contribution is 0.414. The Labute approximate surface area is 109 Å². The van der Waals surface area contributed by atoms with Crippen molar-refractivity contribution in [1.29, 1.82) is 5.26 Å². The second-order valence-corrected chi connectivity index (χ2v) is 4.75. The molecule has 0 aromatic heterocycles. The molecule has 0 N–H and O–H groups in total. The van der Waals surface area contributed by atoms with Gasteiger partial charge in [-0.2, -0.15) is 5.26 Å². The molecular formula is C15H20N2O. The van der Waals surface area contributed by atoms with Crippen molar-refractivity contribution >= 4 is 5.69 Å². The Balaban J connectivity index is 2.25. The molecule has 1 fully saturated rings. The van der Waals surface area contributed by atoms with E-state index in [0.29, 0.717) is 0 Å². The summed E-state index contributed by atoms with van der Waals surface area (Å²) in [5, 5.41) is 9.22. The first kappa shape index (κ1) is 12.8. The number of nitriles is 1. The van der Waals surface area contributed by atoms with Gasteiger partial charge in [0.05, 0.1) is 18.4 Å². The highest BCUT2D eigenvalue weighted by Gasteiger charge is 2.13. The topological polar surface area (TPSA) is 36.3 Å². The van der Waals surface area contributed by atoms with Gasteiger partial charge in [0.2, 0.25) is 0 Å². The highest BCUT2D eigenvalue weighted by Crippen LogP contribution is 2.27. The number of hydrogen-bond acceptors (Lipinski definition) is 3. The zero-order valence-corrected chi connectivity index (χ0v) is 11.0. The Morgan fingerprint density at radius 3 is 2.39 bits per heavy atom. The van der Waals surface area contributed by atoms with Crippen LogP contribution in [-0.4, -0.2) is 20.2 Å². The van der Waals surface area contributed by atoms with Crippen LogP contribution in [0.5, 0.6) is 5.75 Å². The molecular weight excluding hydrogens is 224 g/mol. The molecule has 0 aliphatic carbocycles. The molecule has 1 aliphatic heterocycles. The number of methoxy groups -OCH3 is 1. The molecule has 2 rings (SSSR count). The van der Waals surface area contributed by atoms with E-state index >= 15 is 0 Å². The molecule has 0 amide bonds. The van der Waals surface area contributed by atoms with Crippen molar-refractivity contribution in [2.45, 2.75) is 32.1 Å². The molecule has 3 heteroatoms. The molecule has 0 saturated carbocycles. The molecule has 18 heavy (non-hydrogen) atoms. The van der Waals surface area contributed by atoms with Gasteiger partial charge >= 0.3 is 0 Å². The maximum atomic E-state index is 9.22. The number of benzene rings is 1. The van der Waals surface area contributed by atoms with Gasteiger partial charge < -0.3 is 9.64 Å². The predicted molar refractivity (Wildman–Crippen MR) is 73.0 cm³/mol. The average molecular weight is 244 g/mol. The van der Waals surface area contributed by atoms with Crippen LogP contribution >= 0.6 is 0 Å². The lowest BCUT2D eigenvalue weighted by Gasteiger charge is -2.27. The predicted octanol–water partition coefficient (Wildman–Crippen LogP) is 3.34. The van der Waals surface area contributed by atoms with E-state index < -0.39 is 0 Å². The van der Waals surface area contributed by atoms with Gasteiger partial charge in [-0.3, -0.25) is 0 Å². The molecule has 0 atom stereocenters. The summed E-state index contributed by atoms with van der Waals surface area (Å²) >= 11 is 0. The zero-order valence-electron chi connectivity index (χ0n) is 11.0. The van der Waals surface area contributed by atoms with Crippen LogP contribution in [0.4, 0.5) is 5.69 Å². The highest BCUT2D eigenvalue weighted by molar-refractivity contribution is 5.62. The van der Waals surface area contributed by atoms with Crippen molar-refractivity contribution in [1.82, 2.24) is 0 Å². The van der Waals surface area contributed by atoms with Crippen LogP contribution in [0.2, 0.25) is 0 Å². The van der Waals surface area contributed by atoms with Crippen molar-refractivity contribution in [2.75, 3.05) is 25.1 Å². The molecule has 0 spiro atoms. The Morgan fingerprint density at radius 2 is 1.78 bits per heavy atom. The zero-order chi connectivity index (χ0) is 12.8. The Bertz CT molecular complexity index is 429. The summed E-state index contributed by atoms with van der Waals surface area (Å²) in [4.78, 5) is 2.33. The molecule has 3 nitrogen and oxygen atoms in total. The maximum absolute atomic E-state index is 9.22. The van der Waals surface area contributed by atoms with Crippen LogP contribution in [0.3, 0.4) is 0 Å². The quantitative estimate of drug-likeness (QED) is 0.800. The minimum Gasteiger partial charge on any atom is -0.497 e. The summed E-state index contributed by atoms with van der Waals surface area (Å²) in [5.41, 5.74) is 1.77. The van der Waals surface area contributed by atoms with Crippen LogP contribution in [-0.2, 0) is 0 Å². The van der Waals surface area contributed by atoms with E-state index in [2.05, 4.69) is 11.0 Å². The first-order valence-electron chi connectivity index (χ1n) is 6.68. The number of nitrogens with zero attached hydrogens (tertiary/aromatic N) is 2. The smallest absolute Gasteiger partial charge is 0.121 e. The Kier molecular flexibility index (Phi) is 4.46. The lowest BCUT2D eigenvalue weighted by Crippen LogP contribution is -2.27. The monoisotopic (exact) mass is 244 g/mol. The van der Waals surface area contributed by atoms with Crippen molar-refractivity contribution in [2.24, 2.45) is 0 Å². The summed E-state index contributed by atoms with van der Waals surface area (Å²) in [7, 11) is 1.67. The normalized spacial score (nSPS) is 16.6. The van der Waals surface area contributed by atoms with Crippen molar-refractivity contribution in [3.8, 4) is 11.8 Å². The number of anilines is 1. The minimum atomic E-state index is 0.747. The average Bonchev–Trinajstić information content (AvgIpc) is 2.38. The van der Waals surface area contributed by atoms with Gasteiger partial charge in [0.15, 0.2) is 0 Å². The second-order valence-electron chi connectivity index (χ2n) is 4.75. The van der Waals surface area contributed by atoms with Gasteiger partial charge in [0.25, 0.3) is 0 Å². The molecule has 0 unspecified atom stereocenters. The van der Waals surface area contributed by atoms with E-state index in [9.17, 15) is 5.26 Å². The number of hydrogen-bond donors (Lipinski definition) is 0. The highest BCUT2D eigenvalue weighted by atomic mass is 16.5. The number of rotatable bonds is 2. The van der Waals surface area contributed by atoms with Gasteiger partial charge in [-0.15, -0.1) is 0 Å². The summed E-state index contributed by atoms with van der Waals surface area (Å²) in [6.07, 6.45) is 6.35. The molecule has 1 aromatic rings. The van der Waals surface area contributed by atoms with E-state index in [4.69, 9.17) is 4.74 Å². The van der Waals surface area contributed by atoms with Crippen LogP contribution in [0, 0.1) is 11.3 Å². The van der Waals surface area contributed by atoms with E-state index in [1.54, 1.807) is 7.11 Å². The fraction of sp³-hybridized carbons (Fsp3) is 0.533.